The standard InChI is InChI=1S/Cu.4Nb.12O.Pb/q+2;;;;;;;;;;;;;4*-1;+2. The van der Waals surface area contributed by atoms with E-state index < -0.39 is 75.1 Å². The van der Waals surface area contributed by atoms with Gasteiger partial charge in [0.1, 0.15) is 0 Å². The molecule has 0 bridgehead atoms. The maximum Gasteiger partial charge on any atom is 2.00 e. The Kier molecular flexibility index (Phi) is 65.7. The van der Waals surface area contributed by atoms with E-state index in [9.17, 15) is 0 Å². The topological polar surface area (TPSA) is 229 Å². The molecule has 0 aromatic heterocycles. The average molecular weight is 834 g/mol. The van der Waals surface area contributed by atoms with Gasteiger partial charge in [-0.15, -0.1) is 0 Å². The Morgan fingerprint density at radius 1 is 0.444 bits per heavy atom. The molecule has 18 heavy (non-hydrogen) atoms. The quantitative estimate of drug-likeness (QED) is 0.208. The van der Waals surface area contributed by atoms with Crippen LogP contribution in [0.15, 0.2) is 0 Å². The number of hydrogen-bond acceptors (Lipinski definition) is 12. The van der Waals surface area contributed by atoms with Gasteiger partial charge in [0.05, 0.1) is 0 Å². The Balaban J connectivity index is -0.0000000257. The van der Waals surface area contributed by atoms with E-state index in [1.165, 1.54) is 0 Å². The van der Waals surface area contributed by atoms with Crippen molar-refractivity contribution < 1.29 is 133 Å². The van der Waals surface area contributed by atoms with Gasteiger partial charge in [0.2, 0.25) is 0 Å². The summed E-state index contributed by atoms with van der Waals surface area (Å²) in [4.78, 5) is 0. The molecule has 0 N–H and O–H groups in total. The third kappa shape index (κ3) is 831. The summed E-state index contributed by atoms with van der Waals surface area (Å²) in [5, 5.41) is 0. The first kappa shape index (κ1) is 37.1. The van der Waals surface area contributed by atoms with E-state index in [1.807, 2.05) is 0 Å². The van der Waals surface area contributed by atoms with Crippen molar-refractivity contribution in [1.82, 2.24) is 0 Å². The second kappa shape index (κ2) is 31.8. The molecule has 0 saturated carbocycles. The van der Waals surface area contributed by atoms with Crippen LogP contribution in [-0.4, -0.2) is 27.3 Å². The van der Waals surface area contributed by atoms with Gasteiger partial charge < -0.3 is 0 Å². The Hall–Kier alpha value is 2.64. The summed E-state index contributed by atoms with van der Waals surface area (Å²) in [5.41, 5.74) is 0. The van der Waals surface area contributed by atoms with Crippen molar-refractivity contribution in [3.8, 4) is 0 Å². The minimum absolute atomic E-state index is 0. The van der Waals surface area contributed by atoms with E-state index in [2.05, 4.69) is 0 Å². The second-order valence-electron chi connectivity index (χ2n) is 0.894. The van der Waals surface area contributed by atoms with Crippen LogP contribution in [0, 0.1) is 0 Å². The fourth-order valence-corrected chi connectivity index (χ4v) is 0. The van der Waals surface area contributed by atoms with E-state index in [0.717, 1.165) is 0 Å². The van der Waals surface area contributed by atoms with Gasteiger partial charge in [-0.25, -0.2) is 0 Å². The monoisotopic (exact) mass is 834 g/mol. The molecule has 0 aliphatic carbocycles. The molecule has 0 fully saturated rings. The maximum absolute atomic E-state index is 8.60. The van der Waals surface area contributed by atoms with Crippen molar-refractivity contribution in [2.24, 2.45) is 0 Å². The molecule has 0 saturated heterocycles. The first-order valence-electron chi connectivity index (χ1n) is 2.19. The van der Waals surface area contributed by atoms with Gasteiger partial charge in [0.15, 0.2) is 0 Å². The van der Waals surface area contributed by atoms with Crippen molar-refractivity contribution in [2.45, 2.75) is 0 Å². The van der Waals surface area contributed by atoms with Gasteiger partial charge in [-0.3, -0.25) is 0 Å². The van der Waals surface area contributed by atoms with Crippen LogP contribution in [0.4, 0.5) is 0 Å². The zero-order chi connectivity index (χ0) is 14.3. The van der Waals surface area contributed by atoms with Crippen LogP contribution in [0.5, 0.6) is 0 Å². The van der Waals surface area contributed by atoms with Gasteiger partial charge in [-0.1, -0.05) is 0 Å². The molecular weight excluding hydrogens is 834 g/mol. The van der Waals surface area contributed by atoms with Crippen LogP contribution in [0.2, 0.25) is 0 Å². The number of hydrogen-bond donors (Lipinski definition) is 0. The summed E-state index contributed by atoms with van der Waals surface area (Å²) in [7, 11) is 0. The molecule has 0 rings (SSSR count). The van der Waals surface area contributed by atoms with E-state index >= 15 is 0 Å². The van der Waals surface area contributed by atoms with Gasteiger partial charge in [-0.05, 0) is 0 Å². The van der Waals surface area contributed by atoms with E-state index in [-0.39, 0.29) is 44.4 Å². The first-order valence-corrected chi connectivity index (χ1v) is 13.0. The summed E-state index contributed by atoms with van der Waals surface area (Å²) < 4.78 is 103. The molecule has 0 aromatic rings. The summed E-state index contributed by atoms with van der Waals surface area (Å²) in [5.74, 6) is 0. The molecule has 12 nitrogen and oxygen atoms in total. The summed E-state index contributed by atoms with van der Waals surface area (Å²) in [6, 6.07) is 0. The maximum atomic E-state index is 8.60. The van der Waals surface area contributed by atoms with Crippen LogP contribution in [-0.2, 0) is 118 Å². The molecule has 0 heterocycles. The first-order chi connectivity index (χ1) is 6.93. The van der Waals surface area contributed by atoms with E-state index in [4.69, 9.17) is 40.5 Å². The molecule has 0 aliphatic heterocycles. The van der Waals surface area contributed by atoms with Crippen molar-refractivity contribution in [1.29, 1.82) is 0 Å². The average Bonchev–Trinajstić information content (AvgIpc) is 1.76. The van der Waals surface area contributed by atoms with Crippen molar-refractivity contribution in [3.05, 3.63) is 0 Å². The smallest absolute Gasteiger partial charge is 2.00 e. The predicted molar refractivity (Wildman–Crippen MR) is 11.2 cm³/mol. The van der Waals surface area contributed by atoms with E-state index in [0.29, 0.717) is 0 Å². The summed E-state index contributed by atoms with van der Waals surface area (Å²) >= 11 is -16.8. The second-order valence-corrected chi connectivity index (χ2v) is 5.29. The minimum Gasteiger partial charge on any atom is 2.00 e. The Bertz CT molecular complexity index is 298. The van der Waals surface area contributed by atoms with Crippen LogP contribution in [0.25, 0.3) is 0 Å². The largest absolute Gasteiger partial charge is 2.00 e. The molecule has 0 aromatic carbocycles. The van der Waals surface area contributed by atoms with Gasteiger partial charge >= 0.3 is 160 Å². The normalized spacial score (nSPS) is 5.56. The third-order valence-corrected chi connectivity index (χ3v) is 0. The Morgan fingerprint density at radius 2 is 0.444 bits per heavy atom. The molecule has 0 unspecified atom stereocenters. The third-order valence-electron chi connectivity index (χ3n) is 0. The molecule has 0 atom stereocenters. The van der Waals surface area contributed by atoms with Gasteiger partial charge in [0.25, 0.3) is 0 Å². The molecule has 0 aliphatic rings. The fraction of sp³-hybridized carbons (Fsp3) is 0. The summed E-state index contributed by atoms with van der Waals surface area (Å²) in [6.07, 6.45) is 0. The molecule has 0 amide bonds. The van der Waals surface area contributed by atoms with E-state index in [1.54, 1.807) is 0 Å². The molecule has 3 radical (unpaired) electrons. The number of rotatable bonds is 0. The molecule has 107 valence electrons. The zero-order valence-corrected chi connectivity index (χ0v) is 21.1. The van der Waals surface area contributed by atoms with Crippen molar-refractivity contribution >= 4 is 27.3 Å². The van der Waals surface area contributed by atoms with Gasteiger partial charge in [0, 0.05) is 0 Å². The fourth-order valence-electron chi connectivity index (χ4n) is 0. The van der Waals surface area contributed by atoms with Crippen LogP contribution in [0.3, 0.4) is 0 Å². The van der Waals surface area contributed by atoms with Gasteiger partial charge in [-0.2, -0.15) is 0 Å². The Labute approximate surface area is 157 Å². The molecule has 18 heteroatoms. The summed E-state index contributed by atoms with van der Waals surface area (Å²) in [6.45, 7) is 0. The zero-order valence-electron chi connectivity index (χ0n) is 7.49. The SMILES string of the molecule is [Cu+2].[O]=[Nb](=[O])[O-].[O]=[Nb](=[O])[O-].[O]=[Nb](=[O])[O-].[O]=[Nb](=[O])[O-].[Pb+2]. The molecular formula is CuNb4O12Pb. The van der Waals surface area contributed by atoms with Crippen molar-refractivity contribution in [2.75, 3.05) is 0 Å². The predicted octanol–water partition coefficient (Wildman–Crippen LogP) is -6.10. The minimum atomic E-state index is -4.20. The van der Waals surface area contributed by atoms with Crippen molar-refractivity contribution in [3.63, 3.8) is 0 Å². The van der Waals surface area contributed by atoms with Crippen LogP contribution in [0.1, 0.15) is 0 Å². The van der Waals surface area contributed by atoms with Crippen LogP contribution >= 0.6 is 0 Å². The molecule has 0 spiro atoms. The Morgan fingerprint density at radius 3 is 0.444 bits per heavy atom. The van der Waals surface area contributed by atoms with Crippen LogP contribution < -0.4 is 14.5 Å².